The number of allylic oxidation sites excluding steroid dienone is 3. The Morgan fingerprint density at radius 2 is 1.02 bits per heavy atom. The number of nitrogens with zero attached hydrogens (tertiary/aromatic N) is 1. The smallest absolute Gasteiger partial charge is 0.135 e. The Hall–Kier alpha value is -6.90. The Morgan fingerprint density at radius 1 is 0.444 bits per heavy atom. The summed E-state index contributed by atoms with van der Waals surface area (Å²) in [5.74, 6) is 0.314. The van der Waals surface area contributed by atoms with Gasteiger partial charge in [-0.05, 0) is 93.2 Å². The monoisotopic (exact) mass is 691 g/mol. The lowest BCUT2D eigenvalue weighted by atomic mass is 9.90. The van der Waals surface area contributed by atoms with Crippen LogP contribution in [0.2, 0.25) is 0 Å². The molecule has 0 spiro atoms. The predicted molar refractivity (Wildman–Crippen MR) is 227 cm³/mol. The molecular weight excluding hydrogens is 655 g/mol. The Bertz CT molecular complexity index is 2820. The first kappa shape index (κ1) is 31.8. The number of anilines is 2. The average molecular weight is 692 g/mol. The molecule has 1 unspecified atom stereocenters. The topological polar surface area (TPSA) is 16.4 Å². The molecule has 0 saturated carbocycles. The third kappa shape index (κ3) is 5.88. The van der Waals surface area contributed by atoms with Gasteiger partial charge in [0.2, 0.25) is 0 Å². The molecular formula is C52H37NO. The molecule has 2 heteroatoms. The summed E-state index contributed by atoms with van der Waals surface area (Å²) in [5, 5.41) is 4.74. The summed E-state index contributed by atoms with van der Waals surface area (Å²) in [6.07, 6.45) is 8.00. The van der Waals surface area contributed by atoms with Crippen molar-refractivity contribution in [3.8, 4) is 33.4 Å². The van der Waals surface area contributed by atoms with Gasteiger partial charge in [-0.1, -0.05) is 164 Å². The lowest BCUT2D eigenvalue weighted by Gasteiger charge is -2.30. The Kier molecular flexibility index (Phi) is 8.00. The summed E-state index contributed by atoms with van der Waals surface area (Å²) < 4.78 is 6.10. The van der Waals surface area contributed by atoms with Crippen LogP contribution in [0.3, 0.4) is 0 Å². The zero-order valence-corrected chi connectivity index (χ0v) is 29.8. The molecule has 1 atom stereocenters. The second-order valence-electron chi connectivity index (χ2n) is 14.1. The number of benzene rings is 8. The minimum Gasteiger partial charge on any atom is -0.456 e. The number of hydrogen-bond donors (Lipinski definition) is 0. The number of furan rings is 1. The molecule has 256 valence electrons. The molecule has 10 rings (SSSR count). The van der Waals surface area contributed by atoms with Crippen molar-refractivity contribution in [2.45, 2.75) is 12.3 Å². The van der Waals surface area contributed by atoms with Crippen molar-refractivity contribution < 1.29 is 4.42 Å². The quantitative estimate of drug-likeness (QED) is 0.165. The van der Waals surface area contributed by atoms with Crippen LogP contribution >= 0.6 is 0 Å². The molecule has 0 fully saturated rings. The van der Waals surface area contributed by atoms with Gasteiger partial charge in [-0.25, -0.2) is 0 Å². The number of hydrogen-bond acceptors (Lipinski definition) is 2. The highest BCUT2D eigenvalue weighted by Crippen LogP contribution is 2.40. The maximum atomic E-state index is 6.10. The van der Waals surface area contributed by atoms with Gasteiger partial charge in [0.05, 0.1) is 5.69 Å². The molecule has 0 N–H and O–H groups in total. The van der Waals surface area contributed by atoms with E-state index in [0.717, 1.165) is 34.0 Å². The summed E-state index contributed by atoms with van der Waals surface area (Å²) in [4.78, 5) is 2.41. The van der Waals surface area contributed by atoms with Crippen molar-refractivity contribution in [2.24, 2.45) is 0 Å². The first-order valence-electron chi connectivity index (χ1n) is 18.7. The average Bonchev–Trinajstić information content (AvgIpc) is 3.63. The summed E-state index contributed by atoms with van der Waals surface area (Å²) in [6, 6.07) is 67.5. The molecule has 2 nitrogen and oxygen atoms in total. The first-order valence-corrected chi connectivity index (χ1v) is 18.7. The van der Waals surface area contributed by atoms with Gasteiger partial charge < -0.3 is 9.32 Å². The normalized spacial score (nSPS) is 14.1. The SMILES string of the molecule is C1=CC(c2ccc(-c3ccc(-c4ccccc4)cc3)cc2)CC=C1N(c1ccc(-c2ccc3oc4ccccc4c3c2)cc1)c1cccc2ccccc12. The molecule has 9 aromatic rings. The van der Waals surface area contributed by atoms with Crippen molar-refractivity contribution in [2.75, 3.05) is 4.90 Å². The standard InChI is InChI=1S/C52H37NO/c1-2-9-36(10-3-1)37-17-19-38(20-18-37)39-21-23-40(24-22-39)41-25-30-45(31-26-41)53(50-15-8-12-43-11-4-5-13-47(43)50)46-32-27-42(28-33-46)44-29-34-52-49(35-44)48-14-6-7-16-51(48)54-52/h1-25,27-35,41H,26H2. The number of fused-ring (bicyclic) bond motifs is 4. The van der Waals surface area contributed by atoms with Gasteiger partial charge in [-0.15, -0.1) is 0 Å². The van der Waals surface area contributed by atoms with Crippen molar-refractivity contribution in [1.82, 2.24) is 0 Å². The largest absolute Gasteiger partial charge is 0.456 e. The lowest BCUT2D eigenvalue weighted by Crippen LogP contribution is -2.17. The lowest BCUT2D eigenvalue weighted by molar-refractivity contribution is 0.669. The Morgan fingerprint density at radius 3 is 1.76 bits per heavy atom. The van der Waals surface area contributed by atoms with Crippen LogP contribution in [0, 0.1) is 0 Å². The maximum absolute atomic E-state index is 6.10. The highest BCUT2D eigenvalue weighted by atomic mass is 16.3. The summed E-state index contributed by atoms with van der Waals surface area (Å²) in [5.41, 5.74) is 13.9. The fourth-order valence-electron chi connectivity index (χ4n) is 7.97. The molecule has 1 aliphatic carbocycles. The first-order chi connectivity index (χ1) is 26.7. The van der Waals surface area contributed by atoms with Crippen LogP contribution in [0.15, 0.2) is 216 Å². The third-order valence-corrected chi connectivity index (χ3v) is 10.8. The van der Waals surface area contributed by atoms with E-state index in [-0.39, 0.29) is 0 Å². The molecule has 1 aliphatic rings. The summed E-state index contributed by atoms with van der Waals surface area (Å²) >= 11 is 0. The van der Waals surface area contributed by atoms with Crippen LogP contribution in [0.5, 0.6) is 0 Å². The molecule has 54 heavy (non-hydrogen) atoms. The zero-order chi connectivity index (χ0) is 35.8. The van der Waals surface area contributed by atoms with E-state index in [2.05, 4.69) is 199 Å². The van der Waals surface area contributed by atoms with Crippen molar-refractivity contribution in [3.05, 3.63) is 218 Å². The zero-order valence-electron chi connectivity index (χ0n) is 29.8. The van der Waals surface area contributed by atoms with Crippen molar-refractivity contribution in [1.29, 1.82) is 0 Å². The van der Waals surface area contributed by atoms with E-state index in [1.54, 1.807) is 0 Å². The second kappa shape index (κ2) is 13.6. The molecule has 0 amide bonds. The number of rotatable bonds is 7. The van der Waals surface area contributed by atoms with Gasteiger partial charge in [-0.2, -0.15) is 0 Å². The molecule has 0 radical (unpaired) electrons. The fraction of sp³-hybridized carbons (Fsp3) is 0.0385. The highest BCUT2D eigenvalue weighted by molar-refractivity contribution is 6.06. The van der Waals surface area contributed by atoms with Crippen LogP contribution in [-0.2, 0) is 0 Å². The van der Waals surface area contributed by atoms with Crippen LogP contribution in [0.25, 0.3) is 66.1 Å². The van der Waals surface area contributed by atoms with Crippen LogP contribution in [0.1, 0.15) is 17.9 Å². The minimum atomic E-state index is 0.314. The number of para-hydroxylation sites is 1. The summed E-state index contributed by atoms with van der Waals surface area (Å²) in [7, 11) is 0. The van der Waals surface area contributed by atoms with Crippen molar-refractivity contribution in [3.63, 3.8) is 0 Å². The second-order valence-corrected chi connectivity index (χ2v) is 14.1. The van der Waals surface area contributed by atoms with Gasteiger partial charge in [0.25, 0.3) is 0 Å². The Balaban J connectivity index is 0.936. The van der Waals surface area contributed by atoms with Gasteiger partial charge in [0.1, 0.15) is 11.2 Å². The summed E-state index contributed by atoms with van der Waals surface area (Å²) in [6.45, 7) is 0. The maximum Gasteiger partial charge on any atom is 0.135 e. The van der Waals surface area contributed by atoms with Crippen LogP contribution in [0.4, 0.5) is 11.4 Å². The van der Waals surface area contributed by atoms with E-state index in [1.165, 1.54) is 61.1 Å². The third-order valence-electron chi connectivity index (χ3n) is 10.8. The van der Waals surface area contributed by atoms with E-state index < -0.39 is 0 Å². The van der Waals surface area contributed by atoms with Gasteiger partial charge in [0, 0.05) is 33.5 Å². The van der Waals surface area contributed by atoms with Gasteiger partial charge >= 0.3 is 0 Å². The molecule has 1 heterocycles. The van der Waals surface area contributed by atoms with Crippen molar-refractivity contribution >= 4 is 44.1 Å². The molecule has 0 saturated heterocycles. The predicted octanol–water partition coefficient (Wildman–Crippen LogP) is 14.5. The van der Waals surface area contributed by atoms with E-state index in [0.29, 0.717) is 5.92 Å². The van der Waals surface area contributed by atoms with Gasteiger partial charge in [-0.3, -0.25) is 0 Å². The minimum absolute atomic E-state index is 0.314. The highest BCUT2D eigenvalue weighted by Gasteiger charge is 2.20. The molecule has 8 aromatic carbocycles. The fourth-order valence-corrected chi connectivity index (χ4v) is 7.97. The van der Waals surface area contributed by atoms with Crippen LogP contribution < -0.4 is 4.90 Å². The van der Waals surface area contributed by atoms with Gasteiger partial charge in [0.15, 0.2) is 0 Å². The van der Waals surface area contributed by atoms with E-state index >= 15 is 0 Å². The van der Waals surface area contributed by atoms with E-state index in [4.69, 9.17) is 4.42 Å². The van der Waals surface area contributed by atoms with E-state index in [9.17, 15) is 0 Å². The Labute approximate surface area is 315 Å². The van der Waals surface area contributed by atoms with Crippen LogP contribution in [-0.4, -0.2) is 0 Å². The molecule has 1 aromatic heterocycles. The molecule has 0 bridgehead atoms. The molecule has 0 aliphatic heterocycles. The van der Waals surface area contributed by atoms with E-state index in [1.807, 2.05) is 12.1 Å².